The molecule has 2 heterocycles. The molecule has 5 nitrogen and oxygen atoms in total. The van der Waals surface area contributed by atoms with Crippen LogP contribution in [-0.2, 0) is 11.2 Å². The molecule has 5 heteroatoms. The molecule has 1 fully saturated rings. The number of carbonyl (C=O) groups is 1. The highest BCUT2D eigenvalue weighted by Gasteiger charge is 2.26. The van der Waals surface area contributed by atoms with Crippen molar-refractivity contribution in [1.29, 1.82) is 0 Å². The first-order valence-corrected chi connectivity index (χ1v) is 8.18. The highest BCUT2D eigenvalue weighted by Crippen LogP contribution is 2.23. The van der Waals surface area contributed by atoms with Gasteiger partial charge in [-0.05, 0) is 37.0 Å². The predicted molar refractivity (Wildman–Crippen MR) is 91.4 cm³/mol. The van der Waals surface area contributed by atoms with Gasteiger partial charge in [-0.15, -0.1) is 0 Å². The first-order valence-electron chi connectivity index (χ1n) is 8.18. The maximum Gasteiger partial charge on any atom is 0.227 e. The van der Waals surface area contributed by atoms with Gasteiger partial charge in [0.15, 0.2) is 0 Å². The van der Waals surface area contributed by atoms with E-state index in [1.165, 1.54) is 5.56 Å². The molecule has 120 valence electrons. The fourth-order valence-corrected chi connectivity index (χ4v) is 2.98. The zero-order valence-corrected chi connectivity index (χ0v) is 13.4. The van der Waals surface area contributed by atoms with Crippen molar-refractivity contribution >= 4 is 17.5 Å². The Morgan fingerprint density at radius 1 is 1.17 bits per heavy atom. The van der Waals surface area contributed by atoms with Crippen molar-refractivity contribution < 1.29 is 4.79 Å². The summed E-state index contributed by atoms with van der Waals surface area (Å²) in [5.74, 6) is 0.932. The number of piperidine rings is 1. The van der Waals surface area contributed by atoms with E-state index < -0.39 is 0 Å². The van der Waals surface area contributed by atoms with Crippen molar-refractivity contribution in [3.05, 3.63) is 48.3 Å². The summed E-state index contributed by atoms with van der Waals surface area (Å²) < 4.78 is 0. The first kappa shape index (κ1) is 15.5. The molecule has 1 N–H and O–H groups in total. The molecule has 0 bridgehead atoms. The van der Waals surface area contributed by atoms with Gasteiger partial charge in [-0.2, -0.15) is 0 Å². The predicted octanol–water partition coefficient (Wildman–Crippen LogP) is 2.89. The van der Waals surface area contributed by atoms with E-state index >= 15 is 0 Å². The Morgan fingerprint density at radius 3 is 2.57 bits per heavy atom. The molecule has 0 atom stereocenters. The van der Waals surface area contributed by atoms with Crippen LogP contribution in [0.5, 0.6) is 0 Å². The van der Waals surface area contributed by atoms with Crippen molar-refractivity contribution in [2.24, 2.45) is 5.92 Å². The lowest BCUT2D eigenvalue weighted by molar-refractivity contribution is -0.120. The third-order valence-corrected chi connectivity index (χ3v) is 4.36. The van der Waals surface area contributed by atoms with Crippen LogP contribution < -0.4 is 10.2 Å². The molecule has 1 saturated heterocycles. The molecule has 2 aromatic rings. The number of amides is 1. The Bertz CT molecular complexity index is 651. The summed E-state index contributed by atoms with van der Waals surface area (Å²) in [6.45, 7) is 3.73. The van der Waals surface area contributed by atoms with E-state index in [1.54, 1.807) is 12.4 Å². The molecule has 3 rings (SSSR count). The van der Waals surface area contributed by atoms with Crippen molar-refractivity contribution in [1.82, 2.24) is 9.97 Å². The Hall–Kier alpha value is -2.43. The number of carbonyl (C=O) groups excluding carboxylic acids is 1. The van der Waals surface area contributed by atoms with E-state index in [-0.39, 0.29) is 11.8 Å². The molecule has 0 aliphatic carbocycles. The zero-order valence-electron chi connectivity index (χ0n) is 13.4. The Morgan fingerprint density at radius 2 is 1.87 bits per heavy atom. The maximum absolute atomic E-state index is 12.5. The number of hydrogen-bond acceptors (Lipinski definition) is 4. The SMILES string of the molecule is CCc1ccccc1NC(=O)C1CCN(c2ncccn2)CC1. The van der Waals surface area contributed by atoms with Gasteiger partial charge in [0.05, 0.1) is 0 Å². The Labute approximate surface area is 136 Å². The topological polar surface area (TPSA) is 58.1 Å². The van der Waals surface area contributed by atoms with Crippen LogP contribution in [0.4, 0.5) is 11.6 Å². The molecule has 1 aromatic heterocycles. The van der Waals surface area contributed by atoms with Crippen molar-refractivity contribution in [3.8, 4) is 0 Å². The summed E-state index contributed by atoms with van der Waals surface area (Å²) in [6.07, 6.45) is 6.09. The number of hydrogen-bond donors (Lipinski definition) is 1. The second-order valence-electron chi connectivity index (χ2n) is 5.81. The molecule has 0 spiro atoms. The molecule has 1 aliphatic rings. The molecule has 0 unspecified atom stereocenters. The second kappa shape index (κ2) is 7.22. The molecule has 1 amide bonds. The standard InChI is InChI=1S/C18H22N4O/c1-2-14-6-3-4-7-16(14)21-17(23)15-8-12-22(13-9-15)18-19-10-5-11-20-18/h3-7,10-11,15H,2,8-9,12-13H2,1H3,(H,21,23). The number of rotatable bonds is 4. The Kier molecular flexibility index (Phi) is 4.86. The van der Waals surface area contributed by atoms with Crippen LogP contribution in [0.25, 0.3) is 0 Å². The lowest BCUT2D eigenvalue weighted by Gasteiger charge is -2.31. The minimum absolute atomic E-state index is 0.0554. The van der Waals surface area contributed by atoms with Crippen molar-refractivity contribution in [2.75, 3.05) is 23.3 Å². The normalized spacial score (nSPS) is 15.4. The lowest BCUT2D eigenvalue weighted by Crippen LogP contribution is -2.39. The van der Waals surface area contributed by atoms with Gasteiger partial charge in [0.25, 0.3) is 0 Å². The van der Waals surface area contributed by atoms with Gasteiger partial charge in [-0.3, -0.25) is 4.79 Å². The van der Waals surface area contributed by atoms with Crippen LogP contribution in [-0.4, -0.2) is 29.0 Å². The van der Waals surface area contributed by atoms with E-state index in [0.29, 0.717) is 0 Å². The summed E-state index contributed by atoms with van der Waals surface area (Å²) in [7, 11) is 0. The first-order chi connectivity index (χ1) is 11.3. The van der Waals surface area contributed by atoms with Gasteiger partial charge in [-0.1, -0.05) is 25.1 Å². The number of benzene rings is 1. The van der Waals surface area contributed by atoms with Crippen LogP contribution in [0, 0.1) is 5.92 Å². The van der Waals surface area contributed by atoms with Crippen LogP contribution in [0.1, 0.15) is 25.3 Å². The van der Waals surface area contributed by atoms with Crippen LogP contribution in [0.2, 0.25) is 0 Å². The van der Waals surface area contributed by atoms with E-state index in [9.17, 15) is 4.79 Å². The summed E-state index contributed by atoms with van der Waals surface area (Å²) >= 11 is 0. The van der Waals surface area contributed by atoms with Gasteiger partial charge >= 0.3 is 0 Å². The fourth-order valence-electron chi connectivity index (χ4n) is 2.98. The smallest absolute Gasteiger partial charge is 0.227 e. The average Bonchev–Trinajstić information content (AvgIpc) is 2.63. The molecule has 23 heavy (non-hydrogen) atoms. The maximum atomic E-state index is 12.5. The minimum atomic E-state index is 0.0554. The van der Waals surface area contributed by atoms with Gasteiger partial charge < -0.3 is 10.2 Å². The monoisotopic (exact) mass is 310 g/mol. The molecule has 1 aliphatic heterocycles. The van der Waals surface area contributed by atoms with E-state index in [1.807, 2.05) is 24.3 Å². The second-order valence-corrected chi connectivity index (χ2v) is 5.81. The largest absolute Gasteiger partial charge is 0.341 e. The van der Waals surface area contributed by atoms with Crippen LogP contribution in [0.3, 0.4) is 0 Å². The number of anilines is 2. The van der Waals surface area contributed by atoms with Gasteiger partial charge in [0.1, 0.15) is 0 Å². The molecular weight excluding hydrogens is 288 g/mol. The lowest BCUT2D eigenvalue weighted by atomic mass is 9.95. The zero-order chi connectivity index (χ0) is 16.1. The summed E-state index contributed by atoms with van der Waals surface area (Å²) in [5.41, 5.74) is 2.12. The fraction of sp³-hybridized carbons (Fsp3) is 0.389. The quantitative estimate of drug-likeness (QED) is 0.943. The highest BCUT2D eigenvalue weighted by molar-refractivity contribution is 5.93. The van der Waals surface area contributed by atoms with Crippen LogP contribution in [0.15, 0.2) is 42.7 Å². The van der Waals surface area contributed by atoms with Gasteiger partial charge in [-0.25, -0.2) is 9.97 Å². The average molecular weight is 310 g/mol. The molecule has 1 aromatic carbocycles. The van der Waals surface area contributed by atoms with E-state index in [4.69, 9.17) is 0 Å². The number of aryl methyl sites for hydroxylation is 1. The van der Waals surface area contributed by atoms with Crippen LogP contribution >= 0.6 is 0 Å². The summed E-state index contributed by atoms with van der Waals surface area (Å²) in [6, 6.07) is 9.82. The number of aromatic nitrogens is 2. The Balaban J connectivity index is 1.58. The van der Waals surface area contributed by atoms with Gasteiger partial charge in [0.2, 0.25) is 11.9 Å². The number of para-hydroxylation sites is 1. The van der Waals surface area contributed by atoms with Gasteiger partial charge in [0, 0.05) is 37.1 Å². The molecule has 0 saturated carbocycles. The van der Waals surface area contributed by atoms with Crippen molar-refractivity contribution in [2.45, 2.75) is 26.2 Å². The molecule has 0 radical (unpaired) electrons. The van der Waals surface area contributed by atoms with Crippen molar-refractivity contribution in [3.63, 3.8) is 0 Å². The third-order valence-electron chi connectivity index (χ3n) is 4.36. The third kappa shape index (κ3) is 3.67. The number of nitrogens with one attached hydrogen (secondary N) is 1. The number of nitrogens with zero attached hydrogens (tertiary/aromatic N) is 3. The molecular formula is C18H22N4O. The highest BCUT2D eigenvalue weighted by atomic mass is 16.1. The minimum Gasteiger partial charge on any atom is -0.341 e. The van der Waals surface area contributed by atoms with E-state index in [2.05, 4.69) is 33.2 Å². The summed E-state index contributed by atoms with van der Waals surface area (Å²) in [5, 5.41) is 3.10. The summed E-state index contributed by atoms with van der Waals surface area (Å²) in [4.78, 5) is 23.2. The van der Waals surface area contributed by atoms with E-state index in [0.717, 1.165) is 44.0 Å².